The molecule has 3 atom stereocenters. The molecule has 1 N–H and O–H groups in total. The monoisotopic (exact) mass is 277 g/mol. The minimum Gasteiger partial charge on any atom is -0.300 e. The molecule has 0 radical (unpaired) electrons. The topological polar surface area (TPSA) is 39.1 Å². The van der Waals surface area contributed by atoms with Crippen LogP contribution in [0.1, 0.15) is 59.8 Å². The van der Waals surface area contributed by atoms with Crippen LogP contribution in [0.25, 0.3) is 0 Å². The quantitative estimate of drug-likeness (QED) is 0.858. The van der Waals surface area contributed by atoms with Crippen molar-refractivity contribution >= 4 is 0 Å². The molecule has 1 aliphatic carbocycles. The number of likely N-dealkylation sites (tertiary alicyclic amines) is 1. The summed E-state index contributed by atoms with van der Waals surface area (Å²) in [6, 6.07) is 3.59. The first-order valence-electron chi connectivity index (χ1n) is 8.39. The molecule has 0 amide bonds. The molecule has 0 bridgehead atoms. The Balaban J connectivity index is 1.98. The van der Waals surface area contributed by atoms with Crippen LogP contribution >= 0.6 is 0 Å². The molecule has 3 heteroatoms. The number of nitrogens with one attached hydrogen (secondary N) is 1. The highest BCUT2D eigenvalue weighted by atomic mass is 15.2. The van der Waals surface area contributed by atoms with E-state index in [1.54, 1.807) is 0 Å². The van der Waals surface area contributed by atoms with E-state index in [0.717, 1.165) is 24.7 Å². The molecular weight excluding hydrogens is 246 g/mol. The third kappa shape index (κ3) is 3.54. The van der Waals surface area contributed by atoms with Gasteiger partial charge in [0.15, 0.2) is 0 Å². The fraction of sp³-hybridized carbons (Fsp3) is 0.941. The summed E-state index contributed by atoms with van der Waals surface area (Å²) in [5, 5.41) is 13.2. The normalized spacial score (nSPS) is 35.6. The van der Waals surface area contributed by atoms with Crippen molar-refractivity contribution in [3.05, 3.63) is 0 Å². The van der Waals surface area contributed by atoms with E-state index in [1.165, 1.54) is 32.4 Å². The molecule has 3 nitrogen and oxygen atoms in total. The molecule has 114 valence electrons. The molecule has 1 heterocycles. The lowest BCUT2D eigenvalue weighted by molar-refractivity contribution is 0.132. The van der Waals surface area contributed by atoms with Crippen molar-refractivity contribution in [2.24, 2.45) is 11.8 Å². The molecular formula is C17H31N3. The Labute approximate surface area is 124 Å². The second kappa shape index (κ2) is 6.45. The van der Waals surface area contributed by atoms with Gasteiger partial charge in [-0.1, -0.05) is 13.8 Å². The van der Waals surface area contributed by atoms with Crippen molar-refractivity contribution in [1.82, 2.24) is 10.2 Å². The van der Waals surface area contributed by atoms with Crippen LogP contribution in [-0.2, 0) is 0 Å². The summed E-state index contributed by atoms with van der Waals surface area (Å²) in [6.45, 7) is 11.5. The Kier molecular flexibility index (Phi) is 5.09. The van der Waals surface area contributed by atoms with Gasteiger partial charge in [-0.3, -0.25) is 10.2 Å². The van der Waals surface area contributed by atoms with Gasteiger partial charge in [0.2, 0.25) is 0 Å². The smallest absolute Gasteiger partial charge is 0.108 e. The number of hydrogen-bond donors (Lipinski definition) is 1. The average Bonchev–Trinajstić information content (AvgIpc) is 2.88. The molecule has 0 spiro atoms. The third-order valence-corrected chi connectivity index (χ3v) is 5.22. The molecule has 1 aliphatic heterocycles. The molecule has 20 heavy (non-hydrogen) atoms. The SMILES string of the molecule is CC(C)NC1(C#N)CCCC(N2CCC(C(C)C)C2)C1. The van der Waals surface area contributed by atoms with Gasteiger partial charge in [-0.2, -0.15) is 5.26 Å². The Morgan fingerprint density at radius 3 is 2.55 bits per heavy atom. The minimum atomic E-state index is -0.285. The van der Waals surface area contributed by atoms with Crippen molar-refractivity contribution in [3.8, 4) is 6.07 Å². The van der Waals surface area contributed by atoms with Gasteiger partial charge in [0.25, 0.3) is 0 Å². The first-order valence-corrected chi connectivity index (χ1v) is 8.39. The van der Waals surface area contributed by atoms with E-state index < -0.39 is 0 Å². The Morgan fingerprint density at radius 2 is 2.00 bits per heavy atom. The highest BCUT2D eigenvalue weighted by Crippen LogP contribution is 2.35. The fourth-order valence-electron chi connectivity index (χ4n) is 4.07. The summed E-state index contributed by atoms with van der Waals surface area (Å²) in [5.74, 6) is 1.64. The van der Waals surface area contributed by atoms with Gasteiger partial charge in [-0.15, -0.1) is 0 Å². The molecule has 0 aromatic carbocycles. The Bertz CT molecular complexity index is 358. The van der Waals surface area contributed by atoms with Gasteiger partial charge in [0.1, 0.15) is 5.54 Å². The highest BCUT2D eigenvalue weighted by molar-refractivity contribution is 5.12. The van der Waals surface area contributed by atoms with E-state index >= 15 is 0 Å². The van der Waals surface area contributed by atoms with E-state index in [9.17, 15) is 5.26 Å². The molecule has 2 aliphatic rings. The van der Waals surface area contributed by atoms with Crippen LogP contribution < -0.4 is 5.32 Å². The van der Waals surface area contributed by atoms with Crippen molar-refractivity contribution in [1.29, 1.82) is 5.26 Å². The second-order valence-corrected chi connectivity index (χ2v) is 7.53. The molecule has 0 aromatic heterocycles. The highest BCUT2D eigenvalue weighted by Gasteiger charge is 2.40. The molecule has 3 unspecified atom stereocenters. The van der Waals surface area contributed by atoms with Gasteiger partial charge in [0, 0.05) is 18.6 Å². The van der Waals surface area contributed by atoms with E-state index in [4.69, 9.17) is 0 Å². The number of nitrogens with zero attached hydrogens (tertiary/aromatic N) is 2. The predicted octanol–water partition coefficient (Wildman–Crippen LogP) is 3.17. The average molecular weight is 277 g/mol. The zero-order chi connectivity index (χ0) is 14.8. The maximum absolute atomic E-state index is 9.66. The van der Waals surface area contributed by atoms with Crippen molar-refractivity contribution in [3.63, 3.8) is 0 Å². The van der Waals surface area contributed by atoms with E-state index in [-0.39, 0.29) is 5.54 Å². The number of rotatable bonds is 4. The zero-order valence-corrected chi connectivity index (χ0v) is 13.7. The van der Waals surface area contributed by atoms with E-state index in [1.807, 2.05) is 0 Å². The van der Waals surface area contributed by atoms with Gasteiger partial charge < -0.3 is 0 Å². The summed E-state index contributed by atoms with van der Waals surface area (Å²) in [7, 11) is 0. The van der Waals surface area contributed by atoms with Gasteiger partial charge in [-0.05, 0) is 64.3 Å². The van der Waals surface area contributed by atoms with E-state index in [2.05, 4.69) is 44.0 Å². The number of hydrogen-bond acceptors (Lipinski definition) is 3. The molecule has 1 saturated heterocycles. The molecule has 2 rings (SSSR count). The lowest BCUT2D eigenvalue weighted by Gasteiger charge is -2.41. The third-order valence-electron chi connectivity index (χ3n) is 5.22. The first-order chi connectivity index (χ1) is 9.46. The summed E-state index contributed by atoms with van der Waals surface area (Å²) in [4.78, 5) is 2.66. The summed E-state index contributed by atoms with van der Waals surface area (Å²) < 4.78 is 0. The molecule has 1 saturated carbocycles. The van der Waals surface area contributed by atoms with E-state index in [0.29, 0.717) is 12.1 Å². The Morgan fingerprint density at radius 1 is 1.25 bits per heavy atom. The Hall–Kier alpha value is -0.590. The first kappa shape index (κ1) is 15.8. The predicted molar refractivity (Wildman–Crippen MR) is 83.4 cm³/mol. The summed E-state index contributed by atoms with van der Waals surface area (Å²) in [6.07, 6.45) is 5.81. The molecule has 0 aromatic rings. The minimum absolute atomic E-state index is 0.285. The van der Waals surface area contributed by atoms with Gasteiger partial charge in [0.05, 0.1) is 6.07 Å². The lowest BCUT2D eigenvalue weighted by Crippen LogP contribution is -2.54. The standard InChI is InChI=1S/C17H31N3/c1-13(2)15-7-9-20(11-15)16-6-5-8-17(10-16,12-18)19-14(3)4/h13-16,19H,5-11H2,1-4H3. The lowest BCUT2D eigenvalue weighted by atomic mass is 9.79. The zero-order valence-electron chi connectivity index (χ0n) is 13.7. The van der Waals surface area contributed by atoms with Crippen LogP contribution in [0.2, 0.25) is 0 Å². The van der Waals surface area contributed by atoms with Crippen molar-refractivity contribution in [2.75, 3.05) is 13.1 Å². The largest absolute Gasteiger partial charge is 0.300 e. The van der Waals surface area contributed by atoms with Crippen molar-refractivity contribution < 1.29 is 0 Å². The summed E-state index contributed by atoms with van der Waals surface area (Å²) in [5.41, 5.74) is -0.285. The van der Waals surface area contributed by atoms with Crippen LogP contribution in [0.3, 0.4) is 0 Å². The maximum atomic E-state index is 9.66. The van der Waals surface area contributed by atoms with Crippen LogP contribution in [0, 0.1) is 23.2 Å². The van der Waals surface area contributed by atoms with Crippen LogP contribution in [0.5, 0.6) is 0 Å². The van der Waals surface area contributed by atoms with Crippen molar-refractivity contribution in [2.45, 2.75) is 77.4 Å². The fourth-order valence-corrected chi connectivity index (χ4v) is 4.07. The van der Waals surface area contributed by atoms with Crippen LogP contribution in [0.4, 0.5) is 0 Å². The van der Waals surface area contributed by atoms with Gasteiger partial charge in [-0.25, -0.2) is 0 Å². The van der Waals surface area contributed by atoms with Gasteiger partial charge >= 0.3 is 0 Å². The van der Waals surface area contributed by atoms with Crippen LogP contribution in [0.15, 0.2) is 0 Å². The second-order valence-electron chi connectivity index (χ2n) is 7.53. The molecule has 2 fully saturated rings. The van der Waals surface area contributed by atoms with Crippen LogP contribution in [-0.4, -0.2) is 35.6 Å². The summed E-state index contributed by atoms with van der Waals surface area (Å²) >= 11 is 0. The number of nitriles is 1. The maximum Gasteiger partial charge on any atom is 0.108 e.